The van der Waals surface area contributed by atoms with E-state index in [1.165, 1.54) is 19.3 Å². The number of ether oxygens (including phenoxy) is 1. The van der Waals surface area contributed by atoms with Crippen molar-refractivity contribution in [2.75, 3.05) is 12.3 Å². The van der Waals surface area contributed by atoms with Gasteiger partial charge in [0.1, 0.15) is 11.5 Å². The van der Waals surface area contributed by atoms with Crippen LogP contribution >= 0.6 is 0 Å². The van der Waals surface area contributed by atoms with Gasteiger partial charge in [-0.05, 0) is 67.6 Å². The Morgan fingerprint density at radius 1 is 1.05 bits per heavy atom. The number of nitrogen functional groups attached to an aromatic ring is 1. The monoisotopic (exact) mass is 496 g/mol. The minimum Gasteiger partial charge on any atom is -0.457 e. The second-order valence-corrected chi connectivity index (χ2v) is 10.1. The van der Waals surface area contributed by atoms with Gasteiger partial charge in [-0.3, -0.25) is 4.79 Å². The standard InChI is InChI=1S/C31H36N4O2/c1-3-18-34(25-13-5-4-6-14-25)30(36)24-12-9-11-23(19-24)21-35-28-20-26(16-17-27(28)33-31(35)32)37-29-15-8-7-10-22(29)2/h7-12,15-17,19-20,25H,3-6,13-14,18,21H2,1-2H3,(H2,32,33). The number of fused-ring (bicyclic) bond motifs is 1. The molecule has 2 N–H and O–H groups in total. The molecule has 1 fully saturated rings. The van der Waals surface area contributed by atoms with Crippen LogP contribution in [0.25, 0.3) is 11.0 Å². The molecule has 1 saturated carbocycles. The van der Waals surface area contributed by atoms with Crippen LogP contribution in [-0.4, -0.2) is 32.9 Å². The number of imidazole rings is 1. The molecule has 0 bridgehead atoms. The summed E-state index contributed by atoms with van der Waals surface area (Å²) < 4.78 is 8.14. The van der Waals surface area contributed by atoms with Gasteiger partial charge in [-0.25, -0.2) is 4.98 Å². The minimum atomic E-state index is 0.132. The molecule has 5 rings (SSSR count). The Morgan fingerprint density at radius 3 is 2.65 bits per heavy atom. The summed E-state index contributed by atoms with van der Waals surface area (Å²) in [7, 11) is 0. The number of para-hydroxylation sites is 1. The number of benzene rings is 3. The van der Waals surface area contributed by atoms with Gasteiger partial charge < -0.3 is 19.9 Å². The zero-order valence-electron chi connectivity index (χ0n) is 21.8. The third-order valence-corrected chi connectivity index (χ3v) is 7.33. The minimum absolute atomic E-state index is 0.132. The van der Waals surface area contributed by atoms with E-state index >= 15 is 0 Å². The smallest absolute Gasteiger partial charge is 0.254 e. The van der Waals surface area contributed by atoms with Crippen LogP contribution in [0.5, 0.6) is 11.5 Å². The summed E-state index contributed by atoms with van der Waals surface area (Å²) in [6.07, 6.45) is 6.87. The highest BCUT2D eigenvalue weighted by Crippen LogP contribution is 2.30. The number of carbonyl (C=O) groups excluding carboxylic acids is 1. The van der Waals surface area contributed by atoms with E-state index in [-0.39, 0.29) is 5.91 Å². The fourth-order valence-electron chi connectivity index (χ4n) is 5.38. The van der Waals surface area contributed by atoms with Crippen LogP contribution in [-0.2, 0) is 6.54 Å². The molecule has 1 heterocycles. The quantitative estimate of drug-likeness (QED) is 0.286. The van der Waals surface area contributed by atoms with Crippen LogP contribution < -0.4 is 10.5 Å². The Morgan fingerprint density at radius 2 is 1.86 bits per heavy atom. The molecule has 6 heteroatoms. The molecule has 1 aromatic heterocycles. The molecular weight excluding hydrogens is 460 g/mol. The SMILES string of the molecule is CCCN(C(=O)c1cccc(Cn2c(N)nc3ccc(Oc4ccccc4C)cc32)c1)C1CCCCC1. The van der Waals surface area contributed by atoms with E-state index in [1.54, 1.807) is 0 Å². The lowest BCUT2D eigenvalue weighted by Gasteiger charge is -2.34. The molecule has 0 aliphatic heterocycles. The lowest BCUT2D eigenvalue weighted by molar-refractivity contribution is 0.0634. The highest BCUT2D eigenvalue weighted by molar-refractivity contribution is 5.94. The number of aromatic nitrogens is 2. The van der Waals surface area contributed by atoms with Gasteiger partial charge in [0.05, 0.1) is 17.6 Å². The van der Waals surface area contributed by atoms with Crippen LogP contribution in [0.3, 0.4) is 0 Å². The zero-order chi connectivity index (χ0) is 25.8. The lowest BCUT2D eigenvalue weighted by Crippen LogP contribution is -2.42. The fraction of sp³-hybridized carbons (Fsp3) is 0.355. The largest absolute Gasteiger partial charge is 0.457 e. The van der Waals surface area contributed by atoms with Gasteiger partial charge in [-0.2, -0.15) is 0 Å². The van der Waals surface area contributed by atoms with Crippen LogP contribution in [0.15, 0.2) is 66.7 Å². The number of hydrogen-bond donors (Lipinski definition) is 1. The number of hydrogen-bond acceptors (Lipinski definition) is 4. The molecule has 0 saturated heterocycles. The first-order valence-electron chi connectivity index (χ1n) is 13.4. The van der Waals surface area contributed by atoms with E-state index in [0.29, 0.717) is 18.5 Å². The summed E-state index contributed by atoms with van der Waals surface area (Å²) in [6, 6.07) is 22.1. The Kier molecular flexibility index (Phi) is 7.45. The zero-order valence-corrected chi connectivity index (χ0v) is 21.8. The normalized spacial score (nSPS) is 14.1. The van der Waals surface area contributed by atoms with E-state index in [9.17, 15) is 4.79 Å². The van der Waals surface area contributed by atoms with Crippen molar-refractivity contribution in [2.24, 2.45) is 0 Å². The van der Waals surface area contributed by atoms with Crippen molar-refractivity contribution in [3.63, 3.8) is 0 Å². The molecule has 192 valence electrons. The molecule has 1 amide bonds. The van der Waals surface area contributed by atoms with Crippen molar-refractivity contribution < 1.29 is 9.53 Å². The van der Waals surface area contributed by atoms with Crippen molar-refractivity contribution in [1.82, 2.24) is 14.5 Å². The second-order valence-electron chi connectivity index (χ2n) is 10.1. The number of nitrogens with zero attached hydrogens (tertiary/aromatic N) is 3. The predicted molar refractivity (Wildman–Crippen MR) is 149 cm³/mol. The molecular formula is C31H36N4O2. The summed E-state index contributed by atoms with van der Waals surface area (Å²) >= 11 is 0. The highest BCUT2D eigenvalue weighted by atomic mass is 16.5. The van der Waals surface area contributed by atoms with Gasteiger partial charge in [0, 0.05) is 24.2 Å². The number of carbonyl (C=O) groups is 1. The van der Waals surface area contributed by atoms with Crippen LogP contribution in [0, 0.1) is 6.92 Å². The molecule has 6 nitrogen and oxygen atoms in total. The van der Waals surface area contributed by atoms with Gasteiger partial charge in [0.2, 0.25) is 5.95 Å². The van der Waals surface area contributed by atoms with Gasteiger partial charge in [-0.15, -0.1) is 0 Å². The van der Waals surface area contributed by atoms with E-state index in [0.717, 1.165) is 65.0 Å². The Hall–Kier alpha value is -3.80. The molecule has 1 aliphatic carbocycles. The molecule has 0 atom stereocenters. The van der Waals surface area contributed by atoms with Gasteiger partial charge in [0.25, 0.3) is 5.91 Å². The highest BCUT2D eigenvalue weighted by Gasteiger charge is 2.25. The first-order valence-corrected chi connectivity index (χ1v) is 13.4. The fourth-order valence-corrected chi connectivity index (χ4v) is 5.38. The summed E-state index contributed by atoms with van der Waals surface area (Å²) in [4.78, 5) is 20.2. The second kappa shape index (κ2) is 11.1. The number of amides is 1. The van der Waals surface area contributed by atoms with Crippen molar-refractivity contribution in [2.45, 2.75) is 65.0 Å². The van der Waals surface area contributed by atoms with E-state index in [4.69, 9.17) is 10.5 Å². The lowest BCUT2D eigenvalue weighted by atomic mass is 9.93. The Balaban J connectivity index is 1.40. The first-order chi connectivity index (χ1) is 18.0. The van der Waals surface area contributed by atoms with Crippen molar-refractivity contribution in [1.29, 1.82) is 0 Å². The predicted octanol–water partition coefficient (Wildman–Crippen LogP) is 6.95. The summed E-state index contributed by atoms with van der Waals surface area (Å²) in [5.74, 6) is 2.12. The number of anilines is 1. The van der Waals surface area contributed by atoms with Crippen LogP contribution in [0.2, 0.25) is 0 Å². The van der Waals surface area contributed by atoms with Crippen LogP contribution in [0.4, 0.5) is 5.95 Å². The van der Waals surface area contributed by atoms with Gasteiger partial charge in [-0.1, -0.05) is 56.5 Å². The third kappa shape index (κ3) is 5.48. The van der Waals surface area contributed by atoms with Crippen molar-refractivity contribution in [3.05, 3.63) is 83.4 Å². The van der Waals surface area contributed by atoms with Crippen LogP contribution in [0.1, 0.15) is 66.9 Å². The summed E-state index contributed by atoms with van der Waals surface area (Å²) in [5, 5.41) is 0. The van der Waals surface area contributed by atoms with E-state index in [1.807, 2.05) is 78.2 Å². The molecule has 0 unspecified atom stereocenters. The Labute approximate surface area is 219 Å². The molecule has 0 radical (unpaired) electrons. The van der Waals surface area contributed by atoms with Gasteiger partial charge in [0.15, 0.2) is 0 Å². The molecule has 4 aromatic rings. The molecule has 3 aromatic carbocycles. The first kappa shape index (κ1) is 24.9. The maximum absolute atomic E-state index is 13.6. The summed E-state index contributed by atoms with van der Waals surface area (Å²) in [6.45, 7) is 5.49. The van der Waals surface area contributed by atoms with Crippen molar-refractivity contribution in [3.8, 4) is 11.5 Å². The van der Waals surface area contributed by atoms with Gasteiger partial charge >= 0.3 is 0 Å². The average molecular weight is 497 g/mol. The Bertz CT molecular complexity index is 1390. The summed E-state index contributed by atoms with van der Waals surface area (Å²) in [5.41, 5.74) is 10.9. The number of nitrogens with two attached hydrogens (primary N) is 1. The molecule has 37 heavy (non-hydrogen) atoms. The number of rotatable bonds is 8. The maximum atomic E-state index is 13.6. The number of aryl methyl sites for hydroxylation is 1. The maximum Gasteiger partial charge on any atom is 0.254 e. The van der Waals surface area contributed by atoms with Crippen molar-refractivity contribution >= 4 is 22.9 Å². The van der Waals surface area contributed by atoms with E-state index in [2.05, 4.69) is 16.8 Å². The molecule has 1 aliphatic rings. The third-order valence-electron chi connectivity index (χ3n) is 7.33. The molecule has 0 spiro atoms. The topological polar surface area (TPSA) is 73.4 Å². The average Bonchev–Trinajstić information content (AvgIpc) is 3.23. The van der Waals surface area contributed by atoms with E-state index < -0.39 is 0 Å².